The van der Waals surface area contributed by atoms with Crippen LogP contribution in [0.4, 0.5) is 11.4 Å². The number of likely N-dealkylation sites (tertiary alicyclic amines) is 1. The van der Waals surface area contributed by atoms with E-state index in [0.717, 1.165) is 16.8 Å². The molecule has 202 valence electrons. The summed E-state index contributed by atoms with van der Waals surface area (Å²) in [6.45, 7) is 8.13. The summed E-state index contributed by atoms with van der Waals surface area (Å²) in [5.74, 6) is -2.34. The Hall–Kier alpha value is -3.23. The van der Waals surface area contributed by atoms with Crippen molar-refractivity contribution in [3.05, 3.63) is 59.7 Å². The molecule has 8 nitrogen and oxygen atoms in total. The molecule has 3 heterocycles. The standard InChI is InChI=1S/C30H37N3O5/c1-18-11-10-12-19(2)24(18)32-27(36)25-30-17-20(3)29(4,38-30)22(26(35)31-21-13-6-5-7-14-21)23(30)28(37)33(25)15-8-9-16-34/h5-7,10-14,20,22-23,25,34H,8-9,15-17H2,1-4H3,(H,31,35)(H,32,36)/t20?,22-,23+,25?,29+,30?/m1/s1. The van der Waals surface area contributed by atoms with Gasteiger partial charge in [0.2, 0.25) is 17.7 Å². The fourth-order valence-corrected chi connectivity index (χ4v) is 7.02. The molecule has 0 aliphatic carbocycles. The van der Waals surface area contributed by atoms with Crippen molar-refractivity contribution in [2.45, 2.75) is 64.2 Å². The normalized spacial score (nSPS) is 31.4. The van der Waals surface area contributed by atoms with Crippen molar-refractivity contribution in [2.75, 3.05) is 23.8 Å². The zero-order valence-corrected chi connectivity index (χ0v) is 22.5. The smallest absolute Gasteiger partial charge is 0.250 e. The first-order valence-corrected chi connectivity index (χ1v) is 13.5. The molecular weight excluding hydrogens is 482 g/mol. The summed E-state index contributed by atoms with van der Waals surface area (Å²) in [6.07, 6.45) is 1.57. The Bertz CT molecular complexity index is 1230. The van der Waals surface area contributed by atoms with Crippen LogP contribution in [0.1, 0.15) is 44.2 Å². The van der Waals surface area contributed by atoms with Gasteiger partial charge in [-0.05, 0) is 69.2 Å². The van der Waals surface area contributed by atoms with Gasteiger partial charge in [-0.2, -0.15) is 0 Å². The Morgan fingerprint density at radius 2 is 1.71 bits per heavy atom. The number of anilines is 2. The fourth-order valence-electron chi connectivity index (χ4n) is 7.02. The second-order valence-electron chi connectivity index (χ2n) is 11.3. The topological polar surface area (TPSA) is 108 Å². The Morgan fingerprint density at radius 3 is 2.37 bits per heavy atom. The van der Waals surface area contributed by atoms with Gasteiger partial charge in [-0.1, -0.05) is 43.3 Å². The predicted molar refractivity (Wildman–Crippen MR) is 144 cm³/mol. The third-order valence-corrected chi connectivity index (χ3v) is 8.92. The number of unbranched alkanes of at least 4 members (excludes halogenated alkanes) is 1. The van der Waals surface area contributed by atoms with Crippen molar-refractivity contribution < 1.29 is 24.2 Å². The summed E-state index contributed by atoms with van der Waals surface area (Å²) in [4.78, 5) is 43.6. The summed E-state index contributed by atoms with van der Waals surface area (Å²) in [7, 11) is 0. The average Bonchev–Trinajstić information content (AvgIpc) is 3.39. The molecule has 0 radical (unpaired) electrons. The maximum atomic E-state index is 14.1. The summed E-state index contributed by atoms with van der Waals surface area (Å²) in [5.41, 5.74) is 1.25. The monoisotopic (exact) mass is 519 g/mol. The number of para-hydroxylation sites is 2. The summed E-state index contributed by atoms with van der Waals surface area (Å²) < 4.78 is 6.76. The van der Waals surface area contributed by atoms with Gasteiger partial charge in [-0.15, -0.1) is 0 Å². The second kappa shape index (κ2) is 9.82. The molecule has 3 unspecified atom stereocenters. The lowest BCUT2D eigenvalue weighted by Crippen LogP contribution is -2.54. The highest BCUT2D eigenvalue weighted by molar-refractivity contribution is 6.05. The number of nitrogens with one attached hydrogen (secondary N) is 2. The molecule has 3 aliphatic heterocycles. The highest BCUT2D eigenvalue weighted by Crippen LogP contribution is 2.65. The van der Waals surface area contributed by atoms with Crippen LogP contribution in [0.25, 0.3) is 0 Å². The molecule has 3 fully saturated rings. The number of fused-ring (bicyclic) bond motifs is 1. The van der Waals surface area contributed by atoms with Crippen LogP contribution in [-0.4, -0.2) is 58.1 Å². The molecule has 3 saturated heterocycles. The van der Waals surface area contributed by atoms with Gasteiger partial charge in [0.25, 0.3) is 0 Å². The van der Waals surface area contributed by atoms with E-state index in [1.165, 1.54) is 0 Å². The molecule has 2 aromatic carbocycles. The summed E-state index contributed by atoms with van der Waals surface area (Å²) in [6, 6.07) is 14.1. The van der Waals surface area contributed by atoms with Gasteiger partial charge >= 0.3 is 0 Å². The molecule has 6 atom stereocenters. The third-order valence-electron chi connectivity index (χ3n) is 8.92. The van der Waals surface area contributed by atoms with Crippen molar-refractivity contribution in [2.24, 2.45) is 17.8 Å². The SMILES string of the molecule is Cc1cccc(C)c1NC(=O)C1N(CCCCO)C(=O)[C@@H]2[C@H](C(=O)Nc3ccccc3)[C@@]3(C)OC12CC3C. The largest absolute Gasteiger partial charge is 0.396 e. The first kappa shape index (κ1) is 26.4. The highest BCUT2D eigenvalue weighted by atomic mass is 16.5. The van der Waals surface area contributed by atoms with Crippen LogP contribution >= 0.6 is 0 Å². The van der Waals surface area contributed by atoms with Crippen LogP contribution in [0, 0.1) is 31.6 Å². The minimum absolute atomic E-state index is 0.00355. The molecule has 2 bridgehead atoms. The summed E-state index contributed by atoms with van der Waals surface area (Å²) >= 11 is 0. The van der Waals surface area contributed by atoms with Gasteiger partial charge in [-0.3, -0.25) is 14.4 Å². The number of aliphatic hydroxyl groups is 1. The number of rotatable bonds is 8. The maximum absolute atomic E-state index is 14.1. The van der Waals surface area contributed by atoms with Crippen molar-refractivity contribution in [1.82, 2.24) is 4.90 Å². The molecular formula is C30H37N3O5. The van der Waals surface area contributed by atoms with Crippen molar-refractivity contribution >= 4 is 29.1 Å². The van der Waals surface area contributed by atoms with Crippen molar-refractivity contribution in [1.29, 1.82) is 0 Å². The zero-order valence-electron chi connectivity index (χ0n) is 22.5. The van der Waals surface area contributed by atoms with Crippen molar-refractivity contribution in [3.8, 4) is 0 Å². The van der Waals surface area contributed by atoms with Crippen LogP contribution in [-0.2, 0) is 19.1 Å². The number of aliphatic hydroxyl groups excluding tert-OH is 1. The number of aryl methyl sites for hydroxylation is 2. The minimum Gasteiger partial charge on any atom is -0.396 e. The lowest BCUT2D eigenvalue weighted by Gasteiger charge is -2.36. The van der Waals surface area contributed by atoms with E-state index in [9.17, 15) is 19.5 Å². The van der Waals surface area contributed by atoms with E-state index in [1.807, 2.05) is 76.2 Å². The average molecular weight is 520 g/mol. The molecule has 8 heteroatoms. The predicted octanol–water partition coefficient (Wildman–Crippen LogP) is 3.66. The summed E-state index contributed by atoms with van der Waals surface area (Å²) in [5, 5.41) is 15.5. The number of nitrogens with zero attached hydrogens (tertiary/aromatic N) is 1. The third kappa shape index (κ3) is 4.01. The number of benzene rings is 2. The minimum atomic E-state index is -1.11. The number of carbonyl (C=O) groups excluding carboxylic acids is 3. The molecule has 38 heavy (non-hydrogen) atoms. The molecule has 5 rings (SSSR count). The Morgan fingerprint density at radius 1 is 1.03 bits per heavy atom. The van der Waals surface area contributed by atoms with Crippen molar-refractivity contribution in [3.63, 3.8) is 0 Å². The molecule has 3 aliphatic rings. The number of carbonyl (C=O) groups is 3. The Labute approximate surface area is 223 Å². The molecule has 2 aromatic rings. The second-order valence-corrected chi connectivity index (χ2v) is 11.3. The molecule has 0 aromatic heterocycles. The van der Waals surface area contributed by atoms with Gasteiger partial charge in [0.15, 0.2) is 0 Å². The van der Waals surface area contributed by atoms with Crippen LogP contribution in [0.5, 0.6) is 0 Å². The van der Waals surface area contributed by atoms with Gasteiger partial charge < -0.3 is 25.4 Å². The van der Waals surface area contributed by atoms with Crippen LogP contribution in [0.2, 0.25) is 0 Å². The fraction of sp³-hybridized carbons (Fsp3) is 0.500. The number of amides is 3. The highest BCUT2D eigenvalue weighted by Gasteiger charge is 2.79. The Kier molecular flexibility index (Phi) is 6.82. The molecule has 1 spiro atoms. The lowest BCUT2D eigenvalue weighted by molar-refractivity contribution is -0.144. The van der Waals surface area contributed by atoms with E-state index >= 15 is 0 Å². The molecule has 3 N–H and O–H groups in total. The van der Waals surface area contributed by atoms with Gasteiger partial charge in [0.1, 0.15) is 11.6 Å². The van der Waals surface area contributed by atoms with Gasteiger partial charge in [0, 0.05) is 24.5 Å². The number of hydrogen-bond donors (Lipinski definition) is 3. The zero-order chi connectivity index (χ0) is 27.2. The van der Waals surface area contributed by atoms with Gasteiger partial charge in [0.05, 0.1) is 17.4 Å². The first-order chi connectivity index (χ1) is 18.1. The van der Waals surface area contributed by atoms with Crippen LogP contribution in [0.15, 0.2) is 48.5 Å². The maximum Gasteiger partial charge on any atom is 0.250 e. The molecule has 0 saturated carbocycles. The number of hydrogen-bond acceptors (Lipinski definition) is 5. The van der Waals surface area contributed by atoms with E-state index in [4.69, 9.17) is 4.74 Å². The Balaban J connectivity index is 1.53. The van der Waals surface area contributed by atoms with E-state index in [2.05, 4.69) is 10.6 Å². The van der Waals surface area contributed by atoms with Gasteiger partial charge in [-0.25, -0.2) is 0 Å². The van der Waals surface area contributed by atoms with Crippen LogP contribution < -0.4 is 10.6 Å². The first-order valence-electron chi connectivity index (χ1n) is 13.5. The quantitative estimate of drug-likeness (QED) is 0.462. The van der Waals surface area contributed by atoms with E-state index < -0.39 is 29.1 Å². The van der Waals surface area contributed by atoms with E-state index in [0.29, 0.717) is 31.5 Å². The van der Waals surface area contributed by atoms with E-state index in [-0.39, 0.29) is 30.2 Å². The number of ether oxygens (including phenoxy) is 1. The molecule has 3 amide bonds. The lowest BCUT2D eigenvalue weighted by atomic mass is 9.62. The van der Waals surface area contributed by atoms with E-state index in [1.54, 1.807) is 4.90 Å². The van der Waals surface area contributed by atoms with Crippen LogP contribution in [0.3, 0.4) is 0 Å².